The van der Waals surface area contributed by atoms with Crippen LogP contribution in [0.3, 0.4) is 0 Å². The van der Waals surface area contributed by atoms with E-state index in [1.54, 1.807) is 11.1 Å². The van der Waals surface area contributed by atoms with Crippen LogP contribution in [0.1, 0.15) is 11.3 Å². The number of hydrogen-bond donors (Lipinski definition) is 2. The Morgan fingerprint density at radius 2 is 1.90 bits per heavy atom. The Bertz CT molecular complexity index is 827. The molecule has 2 rings (SSSR count). The molecular formula is C12H7F3N4O2. The third kappa shape index (κ3) is 2.64. The van der Waals surface area contributed by atoms with Crippen LogP contribution in [0.25, 0.3) is 5.69 Å². The summed E-state index contributed by atoms with van der Waals surface area (Å²) in [6, 6.07) is 5.71. The van der Waals surface area contributed by atoms with Crippen LogP contribution in [0.15, 0.2) is 33.9 Å². The topological polar surface area (TPSA) is 105 Å². The summed E-state index contributed by atoms with van der Waals surface area (Å²) in [5, 5.41) is 8.72. The fourth-order valence-electron chi connectivity index (χ4n) is 1.68. The summed E-state index contributed by atoms with van der Waals surface area (Å²) in [7, 11) is 0. The molecule has 0 bridgehead atoms. The van der Waals surface area contributed by atoms with Crippen LogP contribution in [0.2, 0.25) is 0 Å². The molecule has 1 heterocycles. The molecule has 0 aliphatic rings. The van der Waals surface area contributed by atoms with Crippen LogP contribution < -0.4 is 17.0 Å². The second-order valence-corrected chi connectivity index (χ2v) is 4.04. The smallest absolute Gasteiger partial charge is 0.398 e. The average molecular weight is 296 g/mol. The normalized spacial score (nSPS) is 11.1. The fourth-order valence-corrected chi connectivity index (χ4v) is 1.68. The zero-order valence-electron chi connectivity index (χ0n) is 10.2. The lowest BCUT2D eigenvalue weighted by Gasteiger charge is -2.09. The van der Waals surface area contributed by atoms with Gasteiger partial charge in [0.25, 0.3) is 5.56 Å². The van der Waals surface area contributed by atoms with Crippen molar-refractivity contribution in [3.05, 3.63) is 56.4 Å². The maximum absolute atomic E-state index is 12.5. The highest BCUT2D eigenvalue weighted by atomic mass is 19.4. The maximum atomic E-state index is 12.5. The molecule has 9 heteroatoms. The minimum atomic E-state index is -4.83. The number of nitrogens with two attached hydrogens (primary N) is 1. The summed E-state index contributed by atoms with van der Waals surface area (Å²) < 4.78 is 37.9. The van der Waals surface area contributed by atoms with Crippen LogP contribution in [-0.4, -0.2) is 9.55 Å². The van der Waals surface area contributed by atoms with E-state index in [0.29, 0.717) is 4.57 Å². The predicted octanol–water partition coefficient (Wildman–Crippen LogP) is 0.998. The van der Waals surface area contributed by atoms with Crippen LogP contribution in [0, 0.1) is 11.3 Å². The quantitative estimate of drug-likeness (QED) is 0.766. The second kappa shape index (κ2) is 4.82. The highest BCUT2D eigenvalue weighted by Crippen LogP contribution is 2.25. The van der Waals surface area contributed by atoms with E-state index in [9.17, 15) is 22.8 Å². The van der Waals surface area contributed by atoms with Crippen molar-refractivity contribution in [3.8, 4) is 11.8 Å². The van der Waals surface area contributed by atoms with Gasteiger partial charge in [0.1, 0.15) is 11.8 Å². The zero-order valence-corrected chi connectivity index (χ0v) is 10.2. The van der Waals surface area contributed by atoms with Gasteiger partial charge < -0.3 is 10.7 Å². The van der Waals surface area contributed by atoms with Crippen LogP contribution in [0.5, 0.6) is 0 Å². The molecule has 3 N–H and O–H groups in total. The first-order chi connectivity index (χ1) is 9.74. The molecule has 0 radical (unpaired) electrons. The van der Waals surface area contributed by atoms with Gasteiger partial charge in [0.15, 0.2) is 0 Å². The second-order valence-electron chi connectivity index (χ2n) is 4.04. The van der Waals surface area contributed by atoms with Gasteiger partial charge in [-0.1, -0.05) is 0 Å². The molecule has 1 aromatic heterocycles. The lowest BCUT2D eigenvalue weighted by atomic mass is 10.2. The number of anilines is 1. The van der Waals surface area contributed by atoms with Gasteiger partial charge in [-0.15, -0.1) is 0 Å². The van der Waals surface area contributed by atoms with E-state index in [2.05, 4.69) is 0 Å². The number of halogens is 3. The largest absolute Gasteiger partial charge is 0.431 e. The number of alkyl halides is 3. The molecule has 0 atom stereocenters. The number of benzene rings is 1. The Kier molecular flexibility index (Phi) is 3.31. The van der Waals surface area contributed by atoms with Crippen molar-refractivity contribution in [1.82, 2.24) is 9.55 Å². The van der Waals surface area contributed by atoms with Crippen molar-refractivity contribution in [2.24, 2.45) is 0 Å². The van der Waals surface area contributed by atoms with E-state index in [4.69, 9.17) is 11.0 Å². The van der Waals surface area contributed by atoms with E-state index >= 15 is 0 Å². The van der Waals surface area contributed by atoms with Gasteiger partial charge in [-0.05, 0) is 18.2 Å². The third-order valence-corrected chi connectivity index (χ3v) is 2.65. The Balaban J connectivity index is 2.67. The van der Waals surface area contributed by atoms with Crippen molar-refractivity contribution >= 4 is 5.69 Å². The maximum Gasteiger partial charge on any atom is 0.431 e. The first-order valence-corrected chi connectivity index (χ1v) is 5.47. The van der Waals surface area contributed by atoms with Gasteiger partial charge in [-0.3, -0.25) is 4.79 Å². The summed E-state index contributed by atoms with van der Waals surface area (Å²) >= 11 is 0. The monoisotopic (exact) mass is 296 g/mol. The number of nitriles is 1. The molecule has 21 heavy (non-hydrogen) atoms. The molecular weight excluding hydrogens is 289 g/mol. The molecule has 1 aromatic carbocycles. The SMILES string of the molecule is N#Cc1ccc(-n2c(=O)cc(C(F)(F)F)[nH]c2=O)cc1N. The van der Waals surface area contributed by atoms with Gasteiger partial charge in [-0.25, -0.2) is 9.36 Å². The Hall–Kier alpha value is -3.02. The summed E-state index contributed by atoms with van der Waals surface area (Å²) in [5.41, 5.74) is 1.78. The van der Waals surface area contributed by atoms with Gasteiger partial charge in [0.2, 0.25) is 0 Å². The molecule has 0 saturated carbocycles. The molecule has 0 unspecified atom stereocenters. The number of aromatic amines is 1. The van der Waals surface area contributed by atoms with Gasteiger partial charge in [0.05, 0.1) is 16.9 Å². The lowest BCUT2D eigenvalue weighted by Crippen LogP contribution is -2.35. The third-order valence-electron chi connectivity index (χ3n) is 2.65. The number of rotatable bonds is 1. The number of nitrogens with one attached hydrogen (secondary N) is 1. The number of aromatic nitrogens is 2. The highest BCUT2D eigenvalue weighted by Gasteiger charge is 2.33. The number of hydrogen-bond acceptors (Lipinski definition) is 4. The molecule has 0 amide bonds. The van der Waals surface area contributed by atoms with Crippen LogP contribution in [-0.2, 0) is 6.18 Å². The molecule has 0 spiro atoms. The van der Waals surface area contributed by atoms with Crippen molar-refractivity contribution in [2.45, 2.75) is 6.18 Å². The van der Waals surface area contributed by atoms with E-state index in [0.717, 1.165) is 6.07 Å². The Morgan fingerprint density at radius 1 is 1.24 bits per heavy atom. The van der Waals surface area contributed by atoms with Crippen LogP contribution in [0.4, 0.5) is 18.9 Å². The predicted molar refractivity (Wildman–Crippen MR) is 66.8 cm³/mol. The minimum absolute atomic E-state index is 0.00111. The molecule has 0 saturated heterocycles. The highest BCUT2D eigenvalue weighted by molar-refractivity contribution is 5.58. The van der Waals surface area contributed by atoms with Gasteiger partial charge >= 0.3 is 11.9 Å². The number of nitrogen functional groups attached to an aromatic ring is 1. The Labute approximate surface area is 114 Å². The number of H-pyrrole nitrogens is 1. The average Bonchev–Trinajstić information content (AvgIpc) is 2.37. The van der Waals surface area contributed by atoms with E-state index in [1.807, 2.05) is 0 Å². The fraction of sp³-hybridized carbons (Fsp3) is 0.0833. The summed E-state index contributed by atoms with van der Waals surface area (Å²) in [6.45, 7) is 0. The molecule has 108 valence electrons. The molecule has 2 aromatic rings. The zero-order chi connectivity index (χ0) is 15.8. The van der Waals surface area contributed by atoms with Crippen molar-refractivity contribution < 1.29 is 13.2 Å². The van der Waals surface area contributed by atoms with Crippen molar-refractivity contribution in [3.63, 3.8) is 0 Å². The molecule has 6 nitrogen and oxygen atoms in total. The van der Waals surface area contributed by atoms with E-state index in [1.165, 1.54) is 12.1 Å². The minimum Gasteiger partial charge on any atom is -0.398 e. The molecule has 0 aliphatic heterocycles. The van der Waals surface area contributed by atoms with Gasteiger partial charge in [-0.2, -0.15) is 18.4 Å². The number of nitrogens with zero attached hydrogens (tertiary/aromatic N) is 2. The van der Waals surface area contributed by atoms with E-state index < -0.39 is 23.1 Å². The molecule has 0 aliphatic carbocycles. The molecule has 0 fully saturated rings. The van der Waals surface area contributed by atoms with E-state index in [-0.39, 0.29) is 23.0 Å². The van der Waals surface area contributed by atoms with Crippen molar-refractivity contribution in [1.29, 1.82) is 5.26 Å². The Morgan fingerprint density at radius 3 is 2.38 bits per heavy atom. The summed E-state index contributed by atoms with van der Waals surface area (Å²) in [6.07, 6.45) is -4.83. The summed E-state index contributed by atoms with van der Waals surface area (Å²) in [4.78, 5) is 25.0. The standard InChI is InChI=1S/C12H7F3N4O2/c13-12(14,15)9-4-10(20)19(11(21)18-9)7-2-1-6(5-16)8(17)3-7/h1-4H,17H2,(H,18,21). The lowest BCUT2D eigenvalue weighted by molar-refractivity contribution is -0.141. The van der Waals surface area contributed by atoms with Crippen molar-refractivity contribution in [2.75, 3.05) is 5.73 Å². The van der Waals surface area contributed by atoms with Crippen LogP contribution >= 0.6 is 0 Å². The first kappa shape index (κ1) is 14.4. The first-order valence-electron chi connectivity index (χ1n) is 5.47. The van der Waals surface area contributed by atoms with Gasteiger partial charge in [0, 0.05) is 6.07 Å². The summed E-state index contributed by atoms with van der Waals surface area (Å²) in [5.74, 6) is 0.